The second-order valence-corrected chi connectivity index (χ2v) is 5.38. The molecule has 1 aromatic heterocycles. The van der Waals surface area contributed by atoms with Crippen molar-refractivity contribution in [2.45, 2.75) is 0 Å². The van der Waals surface area contributed by atoms with E-state index in [1.165, 1.54) is 11.3 Å². The number of carbonyl (C=O) groups excluding carboxylic acids is 2. The number of hydrogen-bond acceptors (Lipinski definition) is 3. The summed E-state index contributed by atoms with van der Waals surface area (Å²) in [6, 6.07) is 10.3. The summed E-state index contributed by atoms with van der Waals surface area (Å²) in [5.41, 5.74) is 0.502. The van der Waals surface area contributed by atoms with E-state index in [0.717, 1.165) is 0 Å². The fraction of sp³-hybridized carbons (Fsp3) is 0.143. The Kier molecular flexibility index (Phi) is 5.15. The predicted octanol–water partition coefficient (Wildman–Crippen LogP) is 2.56. The van der Waals surface area contributed by atoms with E-state index < -0.39 is 0 Å². The first-order valence-electron chi connectivity index (χ1n) is 6.02. The van der Waals surface area contributed by atoms with Crippen LogP contribution in [0.5, 0.6) is 0 Å². The maximum Gasteiger partial charge on any atom is 0.261 e. The molecule has 0 fully saturated rings. The van der Waals surface area contributed by atoms with Crippen molar-refractivity contribution in [2.24, 2.45) is 0 Å². The van der Waals surface area contributed by atoms with Crippen LogP contribution in [0.1, 0.15) is 20.0 Å². The number of halogens is 1. The summed E-state index contributed by atoms with van der Waals surface area (Å²) in [4.78, 5) is 24.1. The first kappa shape index (κ1) is 14.6. The van der Waals surface area contributed by atoms with E-state index in [-0.39, 0.29) is 11.8 Å². The molecule has 2 amide bonds. The van der Waals surface area contributed by atoms with Crippen LogP contribution in [-0.2, 0) is 0 Å². The summed E-state index contributed by atoms with van der Waals surface area (Å²) in [5.74, 6) is -0.338. The molecule has 0 aliphatic rings. The molecule has 0 unspecified atom stereocenters. The number of rotatable bonds is 5. The van der Waals surface area contributed by atoms with Gasteiger partial charge in [0.1, 0.15) is 0 Å². The molecular weight excluding hydrogens is 296 g/mol. The van der Waals surface area contributed by atoms with Crippen molar-refractivity contribution in [1.82, 2.24) is 10.6 Å². The Morgan fingerprint density at radius 3 is 2.45 bits per heavy atom. The molecule has 20 heavy (non-hydrogen) atoms. The second kappa shape index (κ2) is 7.07. The molecule has 6 heteroatoms. The lowest BCUT2D eigenvalue weighted by Crippen LogP contribution is -2.34. The lowest BCUT2D eigenvalue weighted by atomic mass is 10.2. The van der Waals surface area contributed by atoms with Crippen LogP contribution in [-0.4, -0.2) is 24.9 Å². The van der Waals surface area contributed by atoms with E-state index in [4.69, 9.17) is 11.6 Å². The highest BCUT2D eigenvalue weighted by atomic mass is 35.5. The summed E-state index contributed by atoms with van der Waals surface area (Å²) >= 11 is 7.19. The van der Waals surface area contributed by atoms with Crippen molar-refractivity contribution in [3.63, 3.8) is 0 Å². The van der Waals surface area contributed by atoms with Crippen molar-refractivity contribution < 1.29 is 9.59 Å². The zero-order valence-corrected chi connectivity index (χ0v) is 12.1. The van der Waals surface area contributed by atoms with Gasteiger partial charge < -0.3 is 10.6 Å². The summed E-state index contributed by atoms with van der Waals surface area (Å²) in [6.07, 6.45) is 0. The summed E-state index contributed by atoms with van der Waals surface area (Å²) in [7, 11) is 0. The summed E-state index contributed by atoms with van der Waals surface area (Å²) in [5, 5.41) is 7.81. The lowest BCUT2D eigenvalue weighted by molar-refractivity contribution is 0.0929. The third kappa shape index (κ3) is 4.08. The monoisotopic (exact) mass is 308 g/mol. The Morgan fingerprint density at radius 2 is 1.80 bits per heavy atom. The minimum absolute atomic E-state index is 0.128. The van der Waals surface area contributed by atoms with Crippen molar-refractivity contribution in [3.8, 4) is 0 Å². The van der Waals surface area contributed by atoms with Gasteiger partial charge in [-0.15, -0.1) is 11.3 Å². The molecule has 0 radical (unpaired) electrons. The summed E-state index contributed by atoms with van der Waals surface area (Å²) < 4.78 is 0. The average Bonchev–Trinajstić information content (AvgIpc) is 2.97. The lowest BCUT2D eigenvalue weighted by Gasteiger charge is -2.06. The average molecular weight is 309 g/mol. The third-order valence-corrected chi connectivity index (χ3v) is 3.63. The molecule has 4 nitrogen and oxygen atoms in total. The SMILES string of the molecule is O=C(NCCNC(=O)c1cccs1)c1cccc(Cl)c1. The van der Waals surface area contributed by atoms with Crippen molar-refractivity contribution in [1.29, 1.82) is 0 Å². The molecule has 0 atom stereocenters. The zero-order chi connectivity index (χ0) is 14.4. The van der Waals surface area contributed by atoms with Crippen molar-refractivity contribution in [2.75, 3.05) is 13.1 Å². The van der Waals surface area contributed by atoms with Crippen molar-refractivity contribution >= 4 is 34.8 Å². The number of amides is 2. The fourth-order valence-electron chi connectivity index (χ4n) is 1.58. The van der Waals surface area contributed by atoms with Gasteiger partial charge in [0.25, 0.3) is 11.8 Å². The Labute approximate surface area is 125 Å². The molecule has 2 aromatic rings. The highest BCUT2D eigenvalue weighted by molar-refractivity contribution is 7.12. The van der Waals surface area contributed by atoms with Crippen LogP contribution in [0.25, 0.3) is 0 Å². The fourth-order valence-corrected chi connectivity index (χ4v) is 2.41. The maximum atomic E-state index is 11.8. The normalized spacial score (nSPS) is 10.1. The molecule has 2 N–H and O–H groups in total. The minimum atomic E-state index is -0.210. The van der Waals surface area contributed by atoms with E-state index in [2.05, 4.69) is 10.6 Å². The van der Waals surface area contributed by atoms with E-state index in [1.54, 1.807) is 30.3 Å². The zero-order valence-electron chi connectivity index (χ0n) is 10.6. The molecule has 0 saturated carbocycles. The number of hydrogen-bond donors (Lipinski definition) is 2. The molecular formula is C14H13ClN2O2S. The largest absolute Gasteiger partial charge is 0.350 e. The number of nitrogens with one attached hydrogen (secondary N) is 2. The highest BCUT2D eigenvalue weighted by Gasteiger charge is 2.07. The van der Waals surface area contributed by atoms with Crippen LogP contribution < -0.4 is 10.6 Å². The van der Waals surface area contributed by atoms with Gasteiger partial charge in [-0.25, -0.2) is 0 Å². The molecule has 0 bridgehead atoms. The van der Waals surface area contributed by atoms with Gasteiger partial charge in [0.05, 0.1) is 4.88 Å². The first-order chi connectivity index (χ1) is 9.66. The Hall–Kier alpha value is -1.85. The van der Waals surface area contributed by atoms with Crippen LogP contribution in [0, 0.1) is 0 Å². The van der Waals surface area contributed by atoms with Gasteiger partial charge >= 0.3 is 0 Å². The third-order valence-electron chi connectivity index (χ3n) is 2.53. The molecule has 1 heterocycles. The number of carbonyl (C=O) groups is 2. The molecule has 104 valence electrons. The van der Waals surface area contributed by atoms with E-state index in [9.17, 15) is 9.59 Å². The van der Waals surface area contributed by atoms with Gasteiger partial charge in [-0.05, 0) is 29.6 Å². The second-order valence-electron chi connectivity index (χ2n) is 4.00. The van der Waals surface area contributed by atoms with Gasteiger partial charge in [-0.1, -0.05) is 23.7 Å². The molecule has 0 saturated heterocycles. The molecule has 0 aliphatic heterocycles. The topological polar surface area (TPSA) is 58.2 Å². The van der Waals surface area contributed by atoms with Crippen LogP contribution in [0.3, 0.4) is 0 Å². The molecule has 1 aromatic carbocycles. The van der Waals surface area contributed by atoms with E-state index in [1.807, 2.05) is 11.4 Å². The quantitative estimate of drug-likeness (QED) is 0.834. The number of benzene rings is 1. The smallest absolute Gasteiger partial charge is 0.261 e. The first-order valence-corrected chi connectivity index (χ1v) is 7.28. The number of thiophene rings is 1. The van der Waals surface area contributed by atoms with Crippen LogP contribution in [0.15, 0.2) is 41.8 Å². The highest BCUT2D eigenvalue weighted by Crippen LogP contribution is 2.10. The predicted molar refractivity (Wildman–Crippen MR) is 80.4 cm³/mol. The van der Waals surface area contributed by atoms with Gasteiger partial charge in [0, 0.05) is 23.7 Å². The van der Waals surface area contributed by atoms with E-state index >= 15 is 0 Å². The van der Waals surface area contributed by atoms with E-state index in [0.29, 0.717) is 28.6 Å². The molecule has 0 spiro atoms. The van der Waals surface area contributed by atoms with Gasteiger partial charge in [0.2, 0.25) is 0 Å². The van der Waals surface area contributed by atoms with Gasteiger partial charge in [0.15, 0.2) is 0 Å². The Bertz CT molecular complexity index is 599. The van der Waals surface area contributed by atoms with Gasteiger partial charge in [-0.3, -0.25) is 9.59 Å². The van der Waals surface area contributed by atoms with Gasteiger partial charge in [-0.2, -0.15) is 0 Å². The Balaban J connectivity index is 1.73. The Morgan fingerprint density at radius 1 is 1.05 bits per heavy atom. The molecule has 0 aliphatic carbocycles. The van der Waals surface area contributed by atoms with Crippen LogP contribution in [0.4, 0.5) is 0 Å². The summed E-state index contributed by atoms with van der Waals surface area (Å²) in [6.45, 7) is 0.742. The minimum Gasteiger partial charge on any atom is -0.350 e. The van der Waals surface area contributed by atoms with Crippen LogP contribution in [0.2, 0.25) is 5.02 Å². The van der Waals surface area contributed by atoms with Crippen LogP contribution >= 0.6 is 22.9 Å². The maximum absolute atomic E-state index is 11.8. The molecule has 2 rings (SSSR count). The standard InChI is InChI=1S/C14H13ClN2O2S/c15-11-4-1-3-10(9-11)13(18)16-6-7-17-14(19)12-5-2-8-20-12/h1-5,8-9H,6-7H2,(H,16,18)(H,17,19). The van der Waals surface area contributed by atoms with Crippen molar-refractivity contribution in [3.05, 3.63) is 57.2 Å².